The normalized spacial score (nSPS) is 19.3. The van der Waals surface area contributed by atoms with Gasteiger partial charge in [-0.3, -0.25) is 4.79 Å². The summed E-state index contributed by atoms with van der Waals surface area (Å²) in [6, 6.07) is 5.46. The maximum atomic E-state index is 13.1. The summed E-state index contributed by atoms with van der Waals surface area (Å²) in [5.41, 5.74) is 3.35. The highest BCUT2D eigenvalue weighted by Gasteiger charge is 2.49. The van der Waals surface area contributed by atoms with E-state index in [0.29, 0.717) is 5.71 Å². The van der Waals surface area contributed by atoms with Crippen LogP contribution in [0.15, 0.2) is 29.7 Å². The molecule has 148 valence electrons. The summed E-state index contributed by atoms with van der Waals surface area (Å²) in [6.45, 7) is 9.78. The smallest absolute Gasteiger partial charge is 0.348 e. The second-order valence-electron chi connectivity index (χ2n) is 8.25. The van der Waals surface area contributed by atoms with Gasteiger partial charge in [0.2, 0.25) is 0 Å². The van der Waals surface area contributed by atoms with Crippen LogP contribution >= 0.6 is 11.8 Å². The number of urea groups is 1. The van der Waals surface area contributed by atoms with Crippen molar-refractivity contribution in [2.45, 2.75) is 52.0 Å². The molecule has 28 heavy (non-hydrogen) atoms. The number of nitrogens with zero attached hydrogens (tertiary/aromatic N) is 2. The van der Waals surface area contributed by atoms with Gasteiger partial charge in [0, 0.05) is 5.54 Å². The van der Waals surface area contributed by atoms with Gasteiger partial charge < -0.3 is 5.32 Å². The average molecular weight is 401 g/mol. The Morgan fingerprint density at radius 2 is 1.93 bits per heavy atom. The first kappa shape index (κ1) is 20.3. The van der Waals surface area contributed by atoms with Crippen molar-refractivity contribution in [3.8, 4) is 0 Å². The number of benzene rings is 1. The van der Waals surface area contributed by atoms with E-state index in [-0.39, 0.29) is 24.9 Å². The monoisotopic (exact) mass is 400 g/mol. The van der Waals surface area contributed by atoms with E-state index in [0.717, 1.165) is 16.7 Å². The first-order valence-corrected chi connectivity index (χ1v) is 10.2. The minimum atomic E-state index is -0.480. The van der Waals surface area contributed by atoms with E-state index in [9.17, 15) is 14.4 Å². The van der Waals surface area contributed by atoms with Crippen LogP contribution in [0.25, 0.3) is 0 Å². The fourth-order valence-corrected chi connectivity index (χ4v) is 4.21. The van der Waals surface area contributed by atoms with Crippen LogP contribution in [0.5, 0.6) is 0 Å². The second kappa shape index (κ2) is 7.54. The summed E-state index contributed by atoms with van der Waals surface area (Å²) in [7, 11) is 0. The number of imide groups is 1. The molecule has 7 heteroatoms. The largest absolute Gasteiger partial charge is 0.501 e. The van der Waals surface area contributed by atoms with Gasteiger partial charge in [-0.05, 0) is 62.8 Å². The van der Waals surface area contributed by atoms with E-state index in [1.165, 1.54) is 21.2 Å². The lowest BCUT2D eigenvalue weighted by molar-refractivity contribution is -0.427. The Morgan fingerprint density at radius 1 is 1.21 bits per heavy atom. The summed E-state index contributed by atoms with van der Waals surface area (Å²) in [6.07, 6.45) is 1.75. The SMILES string of the molecule is Cc1ccc(CN2C(=O)C3SC=CC3=[N+](CC(=O)NC(C)(C)C)C2=O)cc1C. The number of thioether (sulfide) groups is 1. The summed E-state index contributed by atoms with van der Waals surface area (Å²) in [5, 5.41) is 4.20. The van der Waals surface area contributed by atoms with Gasteiger partial charge in [-0.15, -0.1) is 11.8 Å². The molecule has 0 spiro atoms. The third-order valence-corrected chi connectivity index (χ3v) is 5.72. The van der Waals surface area contributed by atoms with Crippen LogP contribution in [0.4, 0.5) is 4.79 Å². The molecule has 3 rings (SSSR count). The predicted octanol–water partition coefficient (Wildman–Crippen LogP) is 2.76. The van der Waals surface area contributed by atoms with Gasteiger partial charge in [-0.2, -0.15) is 14.3 Å². The molecule has 0 saturated carbocycles. The molecule has 1 N–H and O–H groups in total. The number of nitrogens with one attached hydrogen (secondary N) is 1. The van der Waals surface area contributed by atoms with Crippen LogP contribution in [-0.4, -0.2) is 50.4 Å². The Bertz CT molecular complexity index is 912. The van der Waals surface area contributed by atoms with Gasteiger partial charge in [0.15, 0.2) is 11.8 Å². The summed E-state index contributed by atoms with van der Waals surface area (Å²) >= 11 is 1.37. The molecule has 6 nitrogen and oxygen atoms in total. The summed E-state index contributed by atoms with van der Waals surface area (Å²) < 4.78 is 1.42. The van der Waals surface area contributed by atoms with Gasteiger partial charge in [0.05, 0.1) is 0 Å². The van der Waals surface area contributed by atoms with Crippen molar-refractivity contribution >= 4 is 35.3 Å². The van der Waals surface area contributed by atoms with Gasteiger partial charge >= 0.3 is 11.9 Å². The zero-order valence-corrected chi connectivity index (χ0v) is 17.7. The van der Waals surface area contributed by atoms with Crippen molar-refractivity contribution in [3.63, 3.8) is 0 Å². The van der Waals surface area contributed by atoms with E-state index in [1.54, 1.807) is 11.5 Å². The van der Waals surface area contributed by atoms with Crippen LogP contribution in [0.2, 0.25) is 0 Å². The van der Waals surface area contributed by atoms with Crippen molar-refractivity contribution < 1.29 is 19.0 Å². The Hall–Kier alpha value is -2.41. The zero-order valence-electron chi connectivity index (χ0n) is 16.9. The fourth-order valence-electron chi connectivity index (χ4n) is 3.24. The highest BCUT2D eigenvalue weighted by atomic mass is 32.2. The molecular weight excluding hydrogens is 374 g/mol. The van der Waals surface area contributed by atoms with E-state index in [1.807, 2.05) is 52.8 Å². The molecule has 0 saturated heterocycles. The number of fused-ring (bicyclic) bond motifs is 1. The van der Waals surface area contributed by atoms with Crippen molar-refractivity contribution in [1.29, 1.82) is 0 Å². The first-order chi connectivity index (χ1) is 13.1. The molecule has 2 aliphatic rings. The van der Waals surface area contributed by atoms with Crippen LogP contribution < -0.4 is 5.32 Å². The standard InChI is InChI=1S/C21H25N3O3S/c1-13-6-7-15(10-14(13)2)11-24-19(26)18-16(8-9-28-18)23(20(24)27)12-17(25)22-21(3,4)5/h6-10,18H,11-12H2,1-5H3/p+1. The molecule has 1 aromatic rings. The predicted molar refractivity (Wildman–Crippen MR) is 110 cm³/mol. The fraction of sp³-hybridized carbons (Fsp3) is 0.429. The van der Waals surface area contributed by atoms with E-state index < -0.39 is 16.8 Å². The van der Waals surface area contributed by atoms with Crippen molar-refractivity contribution in [3.05, 3.63) is 46.4 Å². The molecule has 1 aromatic carbocycles. The third kappa shape index (κ3) is 4.19. The lowest BCUT2D eigenvalue weighted by atomic mass is 10.1. The molecule has 0 fully saturated rings. The highest BCUT2D eigenvalue weighted by Crippen LogP contribution is 2.28. The quantitative estimate of drug-likeness (QED) is 0.789. The Balaban J connectivity index is 1.88. The van der Waals surface area contributed by atoms with Gasteiger partial charge in [0.1, 0.15) is 12.3 Å². The summed E-state index contributed by atoms with van der Waals surface area (Å²) in [5.74, 6) is -0.487. The molecule has 2 aliphatic heterocycles. The minimum absolute atomic E-state index is 0.108. The Morgan fingerprint density at radius 3 is 2.57 bits per heavy atom. The molecule has 0 radical (unpaired) electrons. The Labute approximate surface area is 169 Å². The molecule has 0 aliphatic carbocycles. The van der Waals surface area contributed by atoms with Crippen molar-refractivity contribution in [2.75, 3.05) is 6.54 Å². The average Bonchev–Trinajstić information content (AvgIpc) is 3.07. The van der Waals surface area contributed by atoms with Crippen molar-refractivity contribution in [1.82, 2.24) is 10.2 Å². The molecular formula is C21H26N3O3S+. The van der Waals surface area contributed by atoms with Gasteiger partial charge in [0.25, 0.3) is 5.91 Å². The van der Waals surface area contributed by atoms with E-state index >= 15 is 0 Å². The van der Waals surface area contributed by atoms with Gasteiger partial charge in [-0.25, -0.2) is 4.79 Å². The summed E-state index contributed by atoms with van der Waals surface area (Å²) in [4.78, 5) is 39.7. The lowest BCUT2D eigenvalue weighted by Crippen LogP contribution is -2.57. The highest BCUT2D eigenvalue weighted by molar-refractivity contribution is 8.04. The molecule has 1 unspecified atom stereocenters. The molecule has 4 amide bonds. The molecule has 1 atom stereocenters. The topological polar surface area (TPSA) is 69.5 Å². The number of allylic oxidation sites excluding steroid dienone is 1. The number of rotatable bonds is 4. The number of hydrogen-bond donors (Lipinski definition) is 1. The third-order valence-electron chi connectivity index (χ3n) is 4.71. The number of hydrogen-bond acceptors (Lipinski definition) is 4. The van der Waals surface area contributed by atoms with Crippen LogP contribution in [0.3, 0.4) is 0 Å². The van der Waals surface area contributed by atoms with Crippen LogP contribution in [-0.2, 0) is 16.1 Å². The Kier molecular flexibility index (Phi) is 5.48. The maximum Gasteiger partial charge on any atom is 0.501 e. The van der Waals surface area contributed by atoms with Crippen LogP contribution in [0, 0.1) is 13.8 Å². The van der Waals surface area contributed by atoms with Crippen molar-refractivity contribution in [2.24, 2.45) is 0 Å². The van der Waals surface area contributed by atoms with E-state index in [4.69, 9.17) is 0 Å². The first-order valence-electron chi connectivity index (χ1n) is 9.26. The van der Waals surface area contributed by atoms with Gasteiger partial charge in [-0.1, -0.05) is 18.2 Å². The number of carbonyl (C=O) groups excluding carboxylic acids is 3. The maximum absolute atomic E-state index is 13.1. The molecule has 2 heterocycles. The zero-order chi connectivity index (χ0) is 20.6. The van der Waals surface area contributed by atoms with Crippen LogP contribution in [0.1, 0.15) is 37.5 Å². The molecule has 0 bridgehead atoms. The number of amides is 4. The molecule has 0 aromatic heterocycles. The number of carbonyl (C=O) groups is 3. The minimum Gasteiger partial charge on any atom is -0.348 e. The lowest BCUT2D eigenvalue weighted by Gasteiger charge is -2.25. The van der Waals surface area contributed by atoms with E-state index in [2.05, 4.69) is 5.32 Å². The second-order valence-corrected chi connectivity index (χ2v) is 9.27. The number of aryl methyl sites for hydroxylation is 2.